The number of rotatable bonds is 4. The minimum Gasteiger partial charge on any atom is -0.507 e. The standard InChI is InChI=1S/C22H17O8.Al/c1-29-15-4-2-3-12-16(15)22(28)18-17(20(12)26)21(27)13-7-10(14(24)8-30-9-23)5-6-11(13)19(18)25;/h2-4,10,25,27H,5-8H2,1H3;. The molecule has 9 heteroatoms. The lowest BCUT2D eigenvalue weighted by molar-refractivity contribution is -0.125. The number of hydrogen-bond donors (Lipinski definition) is 2. The largest absolute Gasteiger partial charge is 0.507 e. The first-order valence-electron chi connectivity index (χ1n) is 9.57. The Hall–Kier alpha value is -3.15. The number of phenolic OH excluding ortho intramolecular Hbond substituents is 2. The first-order chi connectivity index (χ1) is 14.8. The van der Waals surface area contributed by atoms with Gasteiger partial charge in [-0.2, -0.15) is 0 Å². The van der Waals surface area contributed by atoms with Crippen molar-refractivity contribution in [3.8, 4) is 17.2 Å². The van der Waals surface area contributed by atoms with Crippen molar-refractivity contribution >= 4 is 38.5 Å². The van der Waals surface area contributed by atoms with Gasteiger partial charge in [-0.15, -0.1) is 0 Å². The first kappa shape index (κ1) is 21.1. The molecule has 4 rings (SSSR count). The molecule has 0 heterocycles. The highest BCUT2D eigenvalue weighted by molar-refractivity contribution is 6.55. The summed E-state index contributed by atoms with van der Waals surface area (Å²) in [6.45, 7) is -0.398. The molecule has 156 valence electrons. The van der Waals surface area contributed by atoms with Crippen molar-refractivity contribution in [2.75, 3.05) is 13.7 Å². The molecule has 1 atom stereocenters. The molecule has 0 amide bonds. The van der Waals surface area contributed by atoms with E-state index < -0.39 is 34.7 Å². The molecule has 2 aliphatic carbocycles. The molecule has 2 radical (unpaired) electrons. The van der Waals surface area contributed by atoms with Gasteiger partial charge in [-0.1, -0.05) is 12.1 Å². The van der Waals surface area contributed by atoms with Crippen LogP contribution in [0.2, 0.25) is 0 Å². The van der Waals surface area contributed by atoms with Gasteiger partial charge in [0.1, 0.15) is 23.9 Å². The number of fused-ring (bicyclic) bond motifs is 3. The van der Waals surface area contributed by atoms with E-state index in [1.165, 1.54) is 13.2 Å². The van der Waals surface area contributed by atoms with Gasteiger partial charge in [-0.25, -0.2) is 0 Å². The summed E-state index contributed by atoms with van der Waals surface area (Å²) in [5.74, 6) is -2.66. The molecule has 0 fully saturated rings. The van der Waals surface area contributed by atoms with Gasteiger partial charge in [0.15, 0.2) is 16.4 Å². The van der Waals surface area contributed by atoms with E-state index in [0.29, 0.717) is 12.0 Å². The fourth-order valence-electron chi connectivity index (χ4n) is 4.34. The van der Waals surface area contributed by atoms with Crippen molar-refractivity contribution in [1.29, 1.82) is 0 Å². The van der Waals surface area contributed by atoms with Gasteiger partial charge in [-0.05, 0) is 25.3 Å². The maximum atomic E-state index is 13.2. The molecule has 0 spiro atoms. The SMILES string of the molecule is COc1cccc2c1C(=O)c1c(O)c3c(c(O)c1C2=O)CC(C(=O)CO[C](=O)[Al])CC3. The van der Waals surface area contributed by atoms with E-state index in [-0.39, 0.29) is 57.9 Å². The van der Waals surface area contributed by atoms with Crippen LogP contribution in [0.1, 0.15) is 49.4 Å². The van der Waals surface area contributed by atoms with Crippen molar-refractivity contribution in [1.82, 2.24) is 0 Å². The molecule has 2 aromatic carbocycles. The van der Waals surface area contributed by atoms with E-state index in [1.807, 2.05) is 16.3 Å². The van der Waals surface area contributed by atoms with Crippen LogP contribution in [0, 0.1) is 5.92 Å². The topological polar surface area (TPSA) is 127 Å². The lowest BCUT2D eigenvalue weighted by Gasteiger charge is -2.29. The molecule has 1 unspecified atom stereocenters. The minimum absolute atomic E-state index is 0.0419. The number of aromatic hydroxyl groups is 2. The monoisotopic (exact) mass is 436 g/mol. The van der Waals surface area contributed by atoms with Crippen LogP contribution in [0.15, 0.2) is 18.2 Å². The number of hydrogen-bond acceptors (Lipinski definition) is 8. The molecule has 0 saturated carbocycles. The molecule has 0 aromatic heterocycles. The van der Waals surface area contributed by atoms with Gasteiger partial charge < -0.3 is 19.7 Å². The average molecular weight is 436 g/mol. The van der Waals surface area contributed by atoms with E-state index in [4.69, 9.17) is 9.47 Å². The van der Waals surface area contributed by atoms with Crippen LogP contribution in [-0.2, 0) is 22.4 Å². The van der Waals surface area contributed by atoms with E-state index >= 15 is 0 Å². The Morgan fingerprint density at radius 1 is 1.06 bits per heavy atom. The molecule has 31 heavy (non-hydrogen) atoms. The molecule has 0 saturated heterocycles. The van der Waals surface area contributed by atoms with Crippen molar-refractivity contribution in [2.45, 2.75) is 19.3 Å². The van der Waals surface area contributed by atoms with Gasteiger partial charge in [0.25, 0.3) is 0 Å². The molecule has 2 N–H and O–H groups in total. The van der Waals surface area contributed by atoms with E-state index in [1.54, 1.807) is 12.1 Å². The van der Waals surface area contributed by atoms with Crippen molar-refractivity contribution in [3.63, 3.8) is 0 Å². The zero-order valence-corrected chi connectivity index (χ0v) is 17.7. The molecule has 8 nitrogen and oxygen atoms in total. The number of methoxy groups -OCH3 is 1. The number of ketones is 3. The summed E-state index contributed by atoms with van der Waals surface area (Å²) in [6, 6.07) is 4.56. The van der Waals surface area contributed by atoms with E-state index in [9.17, 15) is 29.4 Å². The Labute approximate surface area is 185 Å². The average Bonchev–Trinajstić information content (AvgIpc) is 2.77. The second-order valence-corrected chi connectivity index (χ2v) is 7.93. The fraction of sp³-hybridized carbons (Fsp3) is 0.273. The number of carbonyl (C=O) groups excluding carboxylic acids is 4. The molecule has 2 aliphatic rings. The summed E-state index contributed by atoms with van der Waals surface area (Å²) in [7, 11) is 1.37. The van der Waals surface area contributed by atoms with Crippen LogP contribution in [-0.4, -0.2) is 62.4 Å². The number of Topliss-reactive ketones (excluding diaryl/α,β-unsaturated/α-hetero) is 1. The number of phenols is 2. The van der Waals surface area contributed by atoms with Crippen LogP contribution in [0.3, 0.4) is 0 Å². The Morgan fingerprint density at radius 2 is 1.74 bits per heavy atom. The van der Waals surface area contributed by atoms with Crippen LogP contribution >= 0.6 is 0 Å². The lowest BCUT2D eigenvalue weighted by atomic mass is 9.75. The Bertz CT molecular complexity index is 1170. The molecular formula is C22H17AlO8. The Morgan fingerprint density at radius 3 is 2.42 bits per heavy atom. The predicted octanol–water partition coefficient (Wildman–Crippen LogP) is 1.86. The third-order valence-electron chi connectivity index (χ3n) is 5.84. The number of carbonyl (C=O) groups is 4. The zero-order valence-electron chi connectivity index (χ0n) is 16.6. The van der Waals surface area contributed by atoms with Crippen LogP contribution in [0.4, 0.5) is 4.79 Å². The van der Waals surface area contributed by atoms with Crippen molar-refractivity contribution < 1.29 is 38.9 Å². The highest BCUT2D eigenvalue weighted by Crippen LogP contribution is 2.47. The third kappa shape index (κ3) is 3.30. The Kier molecular flexibility index (Phi) is 5.33. The van der Waals surface area contributed by atoms with Gasteiger partial charge in [-0.3, -0.25) is 19.2 Å². The smallest absolute Gasteiger partial charge is 0.318 e. The molecule has 2 aromatic rings. The minimum atomic E-state index is -0.655. The highest BCUT2D eigenvalue weighted by atomic mass is 27.0. The maximum absolute atomic E-state index is 13.2. The quantitative estimate of drug-likeness (QED) is 0.469. The fourth-order valence-corrected chi connectivity index (χ4v) is 4.43. The van der Waals surface area contributed by atoms with Gasteiger partial charge in [0, 0.05) is 22.6 Å². The van der Waals surface area contributed by atoms with Gasteiger partial charge >= 0.3 is 16.3 Å². The number of ether oxygens (including phenoxy) is 2. The summed E-state index contributed by atoms with van der Waals surface area (Å²) >= 11 is 1.82. The van der Waals surface area contributed by atoms with E-state index in [0.717, 1.165) is 0 Å². The van der Waals surface area contributed by atoms with Crippen LogP contribution in [0.5, 0.6) is 17.2 Å². The zero-order chi connectivity index (χ0) is 22.4. The normalized spacial score (nSPS) is 16.7. The second kappa shape index (κ2) is 7.84. The van der Waals surface area contributed by atoms with Crippen molar-refractivity contribution in [3.05, 3.63) is 51.6 Å². The highest BCUT2D eigenvalue weighted by Gasteiger charge is 2.41. The first-order valence-corrected chi connectivity index (χ1v) is 10.1. The van der Waals surface area contributed by atoms with Gasteiger partial charge in [0.2, 0.25) is 5.78 Å². The second-order valence-electron chi connectivity index (χ2n) is 7.46. The summed E-state index contributed by atoms with van der Waals surface area (Å²) < 4.78 is 9.95. The summed E-state index contributed by atoms with van der Waals surface area (Å²) in [6.07, 6.45) is 0.614. The van der Waals surface area contributed by atoms with E-state index in [2.05, 4.69) is 0 Å². The molecule has 0 bridgehead atoms. The molecule has 0 aliphatic heterocycles. The lowest BCUT2D eigenvalue weighted by Crippen LogP contribution is -2.29. The van der Waals surface area contributed by atoms with Crippen molar-refractivity contribution in [2.24, 2.45) is 5.92 Å². The summed E-state index contributed by atoms with van der Waals surface area (Å²) in [5.41, 5.74) is 0.183. The maximum Gasteiger partial charge on any atom is 0.318 e. The van der Waals surface area contributed by atoms with Crippen LogP contribution in [0.25, 0.3) is 0 Å². The van der Waals surface area contributed by atoms with Gasteiger partial charge in [0.05, 0.1) is 23.8 Å². The number of benzene rings is 2. The molecular weight excluding hydrogens is 419 g/mol. The Balaban J connectivity index is 1.80. The summed E-state index contributed by atoms with van der Waals surface area (Å²) in [4.78, 5) is 49.0. The summed E-state index contributed by atoms with van der Waals surface area (Å²) in [5, 5.41) is 21.8. The van der Waals surface area contributed by atoms with Crippen LogP contribution < -0.4 is 4.74 Å². The third-order valence-corrected chi connectivity index (χ3v) is 6.00. The predicted molar refractivity (Wildman–Crippen MR) is 107 cm³/mol.